The zero-order chi connectivity index (χ0) is 8.60. The normalized spacial score (nSPS) is 25.9. The highest BCUT2D eigenvalue weighted by Gasteiger charge is 2.44. The number of nitrogens with one attached hydrogen (secondary N) is 1. The van der Waals surface area contributed by atoms with Crippen LogP contribution in [0.5, 0.6) is 0 Å². The molecule has 0 aromatic heterocycles. The van der Waals surface area contributed by atoms with Crippen molar-refractivity contribution in [1.29, 1.82) is 5.26 Å². The van der Waals surface area contributed by atoms with Crippen molar-refractivity contribution in [2.45, 2.75) is 31.2 Å². The summed E-state index contributed by atoms with van der Waals surface area (Å²) in [5.74, 6) is 0.249. The molecule has 2 aliphatic rings. The lowest BCUT2D eigenvalue weighted by Crippen LogP contribution is -2.38. The minimum atomic E-state index is -0.251. The molecule has 3 N–H and O–H groups in total. The van der Waals surface area contributed by atoms with Gasteiger partial charge in [0.2, 0.25) is 5.88 Å². The molecule has 0 atom stereocenters. The molecule has 4 nitrogen and oxygen atoms in total. The Morgan fingerprint density at radius 1 is 1.50 bits per heavy atom. The van der Waals surface area contributed by atoms with E-state index in [4.69, 9.17) is 15.8 Å². The largest absolute Gasteiger partial charge is 0.389 e. The second-order valence-electron chi connectivity index (χ2n) is 3.34. The van der Waals surface area contributed by atoms with E-state index >= 15 is 0 Å². The Labute approximate surface area is 70.9 Å². The van der Waals surface area contributed by atoms with Crippen LogP contribution in [-0.2, 0) is 4.84 Å². The fourth-order valence-corrected chi connectivity index (χ4v) is 1.98. The van der Waals surface area contributed by atoms with Crippen LogP contribution >= 0.6 is 0 Å². The topological polar surface area (TPSA) is 71.1 Å². The summed E-state index contributed by atoms with van der Waals surface area (Å²) in [6.45, 7) is 0. The van der Waals surface area contributed by atoms with Gasteiger partial charge in [-0.2, -0.15) is 5.26 Å². The first-order valence-electron chi connectivity index (χ1n) is 4.13. The number of hydroxylamine groups is 1. The van der Waals surface area contributed by atoms with Crippen molar-refractivity contribution >= 4 is 0 Å². The molecule has 0 bridgehead atoms. The molecule has 0 saturated heterocycles. The third kappa shape index (κ3) is 0.802. The zero-order valence-electron chi connectivity index (χ0n) is 6.76. The van der Waals surface area contributed by atoms with Crippen LogP contribution in [-0.4, -0.2) is 5.54 Å². The lowest BCUT2D eigenvalue weighted by Gasteiger charge is -2.19. The molecule has 0 amide bonds. The Balaban J connectivity index is 2.35. The lowest BCUT2D eigenvalue weighted by atomic mass is 9.90. The van der Waals surface area contributed by atoms with Gasteiger partial charge < -0.3 is 10.6 Å². The summed E-state index contributed by atoms with van der Waals surface area (Å²) in [6, 6.07) is 2.11. The second-order valence-corrected chi connectivity index (χ2v) is 3.34. The van der Waals surface area contributed by atoms with Crippen LogP contribution in [0.2, 0.25) is 0 Å². The highest BCUT2D eigenvalue weighted by atomic mass is 16.7. The fourth-order valence-electron chi connectivity index (χ4n) is 1.98. The van der Waals surface area contributed by atoms with Crippen molar-refractivity contribution in [3.05, 3.63) is 11.5 Å². The maximum absolute atomic E-state index is 8.85. The molecule has 0 unspecified atom stereocenters. The molecule has 0 radical (unpaired) electrons. The summed E-state index contributed by atoms with van der Waals surface area (Å²) in [4.78, 5) is 4.98. The van der Waals surface area contributed by atoms with Crippen molar-refractivity contribution in [3.8, 4) is 6.07 Å². The molecular weight excluding hydrogens is 154 g/mol. The Morgan fingerprint density at radius 3 is 2.75 bits per heavy atom. The average Bonchev–Trinajstić information content (AvgIpc) is 2.63. The van der Waals surface area contributed by atoms with Crippen LogP contribution in [0.1, 0.15) is 25.7 Å². The Bertz CT molecular complexity index is 271. The van der Waals surface area contributed by atoms with Gasteiger partial charge in [-0.15, -0.1) is 5.48 Å². The first-order chi connectivity index (χ1) is 5.78. The first-order valence-corrected chi connectivity index (χ1v) is 4.13. The molecule has 1 aliphatic carbocycles. The molecule has 2 rings (SSSR count). The number of hydrogen-bond acceptors (Lipinski definition) is 4. The van der Waals surface area contributed by atoms with Crippen LogP contribution in [0, 0.1) is 11.3 Å². The quantitative estimate of drug-likeness (QED) is 0.549. The van der Waals surface area contributed by atoms with Crippen LogP contribution in [0.25, 0.3) is 0 Å². The third-order valence-electron chi connectivity index (χ3n) is 2.65. The number of hydrogen-bond donors (Lipinski definition) is 2. The lowest BCUT2D eigenvalue weighted by molar-refractivity contribution is 0.0785. The van der Waals surface area contributed by atoms with E-state index in [0.29, 0.717) is 5.57 Å². The van der Waals surface area contributed by atoms with E-state index in [2.05, 4.69) is 11.5 Å². The predicted molar refractivity (Wildman–Crippen MR) is 42.2 cm³/mol. The minimum absolute atomic E-state index is 0.249. The molecular formula is C8H11N3O. The monoisotopic (exact) mass is 165 g/mol. The van der Waals surface area contributed by atoms with Crippen molar-refractivity contribution in [2.24, 2.45) is 5.73 Å². The predicted octanol–water partition coefficient (Wildman–Crippen LogP) is 0.528. The maximum atomic E-state index is 8.85. The third-order valence-corrected chi connectivity index (χ3v) is 2.65. The van der Waals surface area contributed by atoms with E-state index in [1.54, 1.807) is 0 Å². The van der Waals surface area contributed by atoms with Gasteiger partial charge in [-0.3, -0.25) is 0 Å². The summed E-state index contributed by atoms with van der Waals surface area (Å²) in [7, 11) is 0. The molecule has 64 valence electrons. The van der Waals surface area contributed by atoms with E-state index in [0.717, 1.165) is 25.7 Å². The van der Waals surface area contributed by atoms with Gasteiger partial charge in [0.25, 0.3) is 0 Å². The van der Waals surface area contributed by atoms with Crippen molar-refractivity contribution in [1.82, 2.24) is 5.48 Å². The van der Waals surface area contributed by atoms with Gasteiger partial charge in [-0.25, -0.2) is 0 Å². The van der Waals surface area contributed by atoms with E-state index in [9.17, 15) is 0 Å². The van der Waals surface area contributed by atoms with Crippen LogP contribution in [0.15, 0.2) is 11.5 Å². The number of nitrogens with zero attached hydrogens (tertiary/aromatic N) is 1. The van der Waals surface area contributed by atoms with Crippen molar-refractivity contribution in [2.75, 3.05) is 0 Å². The van der Waals surface area contributed by atoms with Crippen LogP contribution in [0.4, 0.5) is 0 Å². The van der Waals surface area contributed by atoms with Gasteiger partial charge in [0.1, 0.15) is 11.6 Å². The summed E-state index contributed by atoms with van der Waals surface area (Å²) in [5.41, 5.74) is 8.71. The van der Waals surface area contributed by atoms with Crippen molar-refractivity contribution < 1.29 is 4.84 Å². The number of nitriles is 1. The molecule has 1 fully saturated rings. The van der Waals surface area contributed by atoms with Gasteiger partial charge >= 0.3 is 0 Å². The van der Waals surface area contributed by atoms with Gasteiger partial charge in [0.05, 0.1) is 5.54 Å². The SMILES string of the molecule is N#CC1=C(N)ONC12CCCC2. The Morgan fingerprint density at radius 2 is 2.17 bits per heavy atom. The van der Waals surface area contributed by atoms with E-state index < -0.39 is 0 Å². The van der Waals surface area contributed by atoms with Crippen molar-refractivity contribution in [3.63, 3.8) is 0 Å². The Hall–Kier alpha value is -1.21. The highest BCUT2D eigenvalue weighted by Crippen LogP contribution is 2.39. The molecule has 1 saturated carbocycles. The number of nitrogens with two attached hydrogens (primary N) is 1. The highest BCUT2D eigenvalue weighted by molar-refractivity contribution is 5.38. The van der Waals surface area contributed by atoms with Gasteiger partial charge in [0.15, 0.2) is 0 Å². The molecule has 0 aromatic carbocycles. The van der Waals surface area contributed by atoms with Crippen LogP contribution in [0.3, 0.4) is 0 Å². The minimum Gasteiger partial charge on any atom is -0.389 e. The maximum Gasteiger partial charge on any atom is 0.225 e. The summed E-state index contributed by atoms with van der Waals surface area (Å²) in [6.07, 6.45) is 4.18. The van der Waals surface area contributed by atoms with Gasteiger partial charge in [0, 0.05) is 0 Å². The first kappa shape index (κ1) is 7.44. The molecule has 4 heteroatoms. The van der Waals surface area contributed by atoms with Gasteiger partial charge in [-0.05, 0) is 12.8 Å². The van der Waals surface area contributed by atoms with E-state index in [1.165, 1.54) is 0 Å². The van der Waals surface area contributed by atoms with Gasteiger partial charge in [-0.1, -0.05) is 12.8 Å². The molecule has 12 heavy (non-hydrogen) atoms. The van der Waals surface area contributed by atoms with Crippen LogP contribution < -0.4 is 11.2 Å². The molecule has 1 spiro atoms. The van der Waals surface area contributed by atoms with E-state index in [1.807, 2.05) is 0 Å². The average molecular weight is 165 g/mol. The molecule has 1 aliphatic heterocycles. The second kappa shape index (κ2) is 2.39. The summed E-state index contributed by atoms with van der Waals surface area (Å²) < 4.78 is 0. The zero-order valence-corrected chi connectivity index (χ0v) is 6.76. The Kier molecular flexibility index (Phi) is 1.48. The standard InChI is InChI=1S/C8H11N3O/c9-5-6-7(10)12-11-8(6)3-1-2-4-8/h11H,1-4,10H2. The smallest absolute Gasteiger partial charge is 0.225 e. The molecule has 0 aromatic rings. The molecule has 1 heterocycles. The number of rotatable bonds is 0. The fraction of sp³-hybridized carbons (Fsp3) is 0.625. The van der Waals surface area contributed by atoms with E-state index in [-0.39, 0.29) is 11.4 Å². The summed E-state index contributed by atoms with van der Waals surface area (Å²) >= 11 is 0. The summed E-state index contributed by atoms with van der Waals surface area (Å²) in [5, 5.41) is 8.85.